The summed E-state index contributed by atoms with van der Waals surface area (Å²) in [6.45, 7) is 5.29. The summed E-state index contributed by atoms with van der Waals surface area (Å²) in [6.07, 6.45) is 12.0. The monoisotopic (exact) mass is 248 g/mol. The highest BCUT2D eigenvalue weighted by Gasteiger charge is 2.04. The maximum Gasteiger partial charge on any atom is 0.146 e. The Kier molecular flexibility index (Phi) is 7.56. The Morgan fingerprint density at radius 3 is 2.33 bits per heavy atom. The topological polar surface area (TPSA) is 54.4 Å². The molecule has 0 aliphatic carbocycles. The predicted molar refractivity (Wildman–Crippen MR) is 73.2 cm³/mol. The number of carbonyl (C=O) groups is 2. The van der Waals surface area contributed by atoms with Crippen LogP contribution < -0.4 is 0 Å². The number of hydrogen-bond donors (Lipinski definition) is 1. The Hall–Kier alpha value is -1.74. The molecular formula is C15H20O3. The van der Waals surface area contributed by atoms with Gasteiger partial charge in [-0.15, -0.1) is 0 Å². The first-order valence-corrected chi connectivity index (χ1v) is 5.73. The highest BCUT2D eigenvalue weighted by atomic mass is 16.3. The van der Waals surface area contributed by atoms with E-state index < -0.39 is 5.60 Å². The van der Waals surface area contributed by atoms with E-state index in [1.54, 1.807) is 38.2 Å². The van der Waals surface area contributed by atoms with Crippen molar-refractivity contribution in [3.63, 3.8) is 0 Å². The third kappa shape index (κ3) is 9.48. The van der Waals surface area contributed by atoms with Gasteiger partial charge in [0, 0.05) is 6.42 Å². The van der Waals surface area contributed by atoms with Gasteiger partial charge < -0.3 is 9.90 Å². The Morgan fingerprint density at radius 1 is 1.17 bits per heavy atom. The molecule has 0 aromatic rings. The van der Waals surface area contributed by atoms with E-state index in [0.29, 0.717) is 18.1 Å². The number of allylic oxidation sites excluding steroid dienone is 7. The molecule has 0 rings (SSSR count). The lowest BCUT2D eigenvalue weighted by atomic mass is 10.1. The van der Waals surface area contributed by atoms with Gasteiger partial charge in [0.15, 0.2) is 0 Å². The average molecular weight is 248 g/mol. The van der Waals surface area contributed by atoms with Crippen molar-refractivity contribution in [1.29, 1.82) is 0 Å². The van der Waals surface area contributed by atoms with E-state index in [1.807, 2.05) is 19.1 Å². The normalized spacial score (nSPS) is 14.4. The van der Waals surface area contributed by atoms with Crippen LogP contribution in [0.4, 0.5) is 0 Å². The largest absolute Gasteiger partial charge is 0.386 e. The van der Waals surface area contributed by atoms with Gasteiger partial charge >= 0.3 is 0 Å². The lowest BCUT2D eigenvalue weighted by Gasteiger charge is -2.08. The molecule has 0 unspecified atom stereocenters. The standard InChI is InChI=1S/C15H20O3/c1-13(7-5-10-15(2,3)18)6-4-8-14(12-17)9-11-16/h4-8,10-12,18H,9H2,1-3H3/b6-4+,10-5+,13-7+,14-8-. The van der Waals surface area contributed by atoms with Gasteiger partial charge in [0.05, 0.1) is 5.60 Å². The summed E-state index contributed by atoms with van der Waals surface area (Å²) in [7, 11) is 0. The molecule has 0 saturated carbocycles. The minimum absolute atomic E-state index is 0.134. The summed E-state index contributed by atoms with van der Waals surface area (Å²) < 4.78 is 0. The molecule has 0 saturated heterocycles. The summed E-state index contributed by atoms with van der Waals surface area (Å²) in [5.41, 5.74) is 0.596. The Morgan fingerprint density at radius 2 is 1.83 bits per heavy atom. The molecule has 3 nitrogen and oxygen atoms in total. The summed E-state index contributed by atoms with van der Waals surface area (Å²) in [5, 5.41) is 9.45. The van der Waals surface area contributed by atoms with Gasteiger partial charge in [0.1, 0.15) is 12.6 Å². The van der Waals surface area contributed by atoms with Crippen molar-refractivity contribution in [2.45, 2.75) is 32.8 Å². The third-order valence-corrected chi connectivity index (χ3v) is 2.00. The van der Waals surface area contributed by atoms with Crippen LogP contribution in [0.2, 0.25) is 0 Å². The Labute approximate surface area is 108 Å². The molecule has 0 radical (unpaired) electrons. The van der Waals surface area contributed by atoms with E-state index in [4.69, 9.17) is 0 Å². The second-order valence-corrected chi connectivity index (χ2v) is 4.51. The number of aliphatic hydroxyl groups is 1. The van der Waals surface area contributed by atoms with E-state index >= 15 is 0 Å². The quantitative estimate of drug-likeness (QED) is 0.428. The van der Waals surface area contributed by atoms with Gasteiger partial charge in [-0.05, 0) is 26.3 Å². The summed E-state index contributed by atoms with van der Waals surface area (Å²) in [5.74, 6) is 0. The molecule has 18 heavy (non-hydrogen) atoms. The van der Waals surface area contributed by atoms with Crippen LogP contribution in [0.5, 0.6) is 0 Å². The molecule has 0 fully saturated rings. The SMILES string of the molecule is CC(/C=C/C=C(\C=O)CC=O)=C\C=C\C(C)(C)O. The van der Waals surface area contributed by atoms with Crippen LogP contribution in [0.1, 0.15) is 27.2 Å². The van der Waals surface area contributed by atoms with Crippen molar-refractivity contribution in [3.05, 3.63) is 47.6 Å². The van der Waals surface area contributed by atoms with Crippen molar-refractivity contribution in [1.82, 2.24) is 0 Å². The first-order chi connectivity index (χ1) is 8.39. The average Bonchev–Trinajstić information content (AvgIpc) is 2.26. The molecule has 0 aromatic heterocycles. The van der Waals surface area contributed by atoms with Crippen LogP contribution in [0, 0.1) is 0 Å². The number of hydrogen-bond acceptors (Lipinski definition) is 3. The second kappa shape index (κ2) is 8.37. The van der Waals surface area contributed by atoms with Gasteiger partial charge in [-0.25, -0.2) is 0 Å². The van der Waals surface area contributed by atoms with Crippen LogP contribution in [-0.4, -0.2) is 23.3 Å². The fourth-order valence-electron chi connectivity index (χ4n) is 1.07. The van der Waals surface area contributed by atoms with E-state index in [2.05, 4.69) is 0 Å². The molecule has 3 heteroatoms. The lowest BCUT2D eigenvalue weighted by Crippen LogP contribution is -2.13. The third-order valence-electron chi connectivity index (χ3n) is 2.00. The summed E-state index contributed by atoms with van der Waals surface area (Å²) in [6, 6.07) is 0. The number of aldehydes is 2. The van der Waals surface area contributed by atoms with E-state index in [0.717, 1.165) is 5.57 Å². The van der Waals surface area contributed by atoms with Gasteiger partial charge in [-0.1, -0.05) is 42.0 Å². The van der Waals surface area contributed by atoms with Gasteiger partial charge in [-0.2, -0.15) is 0 Å². The van der Waals surface area contributed by atoms with E-state index in [9.17, 15) is 14.7 Å². The molecule has 0 amide bonds. The zero-order valence-electron chi connectivity index (χ0n) is 11.1. The van der Waals surface area contributed by atoms with Crippen LogP contribution in [0.3, 0.4) is 0 Å². The maximum absolute atomic E-state index is 10.5. The Bertz CT molecular complexity index is 390. The fourth-order valence-corrected chi connectivity index (χ4v) is 1.07. The fraction of sp³-hybridized carbons (Fsp3) is 0.333. The highest BCUT2D eigenvalue weighted by Crippen LogP contribution is 2.04. The zero-order valence-corrected chi connectivity index (χ0v) is 11.1. The summed E-state index contributed by atoms with van der Waals surface area (Å²) in [4.78, 5) is 20.8. The molecule has 1 N–H and O–H groups in total. The number of rotatable bonds is 7. The first-order valence-electron chi connectivity index (χ1n) is 5.73. The molecule has 0 bridgehead atoms. The maximum atomic E-state index is 10.5. The van der Waals surface area contributed by atoms with Crippen molar-refractivity contribution in [2.24, 2.45) is 0 Å². The van der Waals surface area contributed by atoms with Crippen molar-refractivity contribution < 1.29 is 14.7 Å². The Balaban J connectivity index is 4.51. The van der Waals surface area contributed by atoms with Crippen molar-refractivity contribution >= 4 is 12.6 Å². The molecule has 0 atom stereocenters. The molecule has 0 aliphatic rings. The second-order valence-electron chi connectivity index (χ2n) is 4.51. The van der Waals surface area contributed by atoms with Gasteiger partial charge in [0.2, 0.25) is 0 Å². The molecule has 0 heterocycles. The smallest absolute Gasteiger partial charge is 0.146 e. The van der Waals surface area contributed by atoms with E-state index in [-0.39, 0.29) is 6.42 Å². The van der Waals surface area contributed by atoms with E-state index in [1.165, 1.54) is 0 Å². The van der Waals surface area contributed by atoms with Crippen LogP contribution in [0.25, 0.3) is 0 Å². The molecule has 0 spiro atoms. The van der Waals surface area contributed by atoms with Crippen molar-refractivity contribution in [3.8, 4) is 0 Å². The van der Waals surface area contributed by atoms with Crippen LogP contribution in [-0.2, 0) is 9.59 Å². The molecule has 98 valence electrons. The van der Waals surface area contributed by atoms with Crippen LogP contribution >= 0.6 is 0 Å². The molecular weight excluding hydrogens is 228 g/mol. The van der Waals surface area contributed by atoms with Gasteiger partial charge in [-0.3, -0.25) is 4.79 Å². The molecule has 0 aliphatic heterocycles. The van der Waals surface area contributed by atoms with Crippen molar-refractivity contribution in [2.75, 3.05) is 0 Å². The summed E-state index contributed by atoms with van der Waals surface area (Å²) >= 11 is 0. The minimum Gasteiger partial charge on any atom is -0.386 e. The predicted octanol–water partition coefficient (Wildman–Crippen LogP) is 2.53. The first kappa shape index (κ1) is 16.3. The minimum atomic E-state index is -0.824. The lowest BCUT2D eigenvalue weighted by molar-refractivity contribution is -0.109. The zero-order chi connectivity index (χ0) is 14.0. The highest BCUT2D eigenvalue weighted by molar-refractivity contribution is 5.79. The van der Waals surface area contributed by atoms with Crippen LogP contribution in [0.15, 0.2) is 47.6 Å². The van der Waals surface area contributed by atoms with Gasteiger partial charge in [0.25, 0.3) is 0 Å². The number of carbonyl (C=O) groups excluding carboxylic acids is 2. The molecule has 0 aromatic carbocycles.